The first-order valence-corrected chi connectivity index (χ1v) is 22.7. The molecule has 2 atom stereocenters. The van der Waals surface area contributed by atoms with Crippen LogP contribution in [0.15, 0.2) is 36.5 Å². The highest BCUT2D eigenvalue weighted by Gasteiger charge is 2.17. The second-order valence-corrected chi connectivity index (χ2v) is 15.5. The number of amides is 1. The largest absolute Gasteiger partial charge is 0.394 e. The number of rotatable bonds is 41. The molecule has 3 N–H and O–H groups in total. The highest BCUT2D eigenvalue weighted by Crippen LogP contribution is 2.15. The molecule has 4 heteroatoms. The van der Waals surface area contributed by atoms with E-state index in [2.05, 4.69) is 43.5 Å². The van der Waals surface area contributed by atoms with Gasteiger partial charge in [0.25, 0.3) is 0 Å². The summed E-state index contributed by atoms with van der Waals surface area (Å²) >= 11 is 0. The Morgan fingerprint density at radius 3 is 1.14 bits per heavy atom. The highest BCUT2D eigenvalue weighted by atomic mass is 16.3. The predicted octanol–water partition coefficient (Wildman–Crippen LogP) is 14.2. The zero-order valence-electron chi connectivity index (χ0n) is 34.4. The van der Waals surface area contributed by atoms with E-state index >= 15 is 0 Å². The molecule has 0 aliphatic heterocycles. The van der Waals surface area contributed by atoms with Gasteiger partial charge in [0.05, 0.1) is 18.8 Å². The van der Waals surface area contributed by atoms with Gasteiger partial charge in [0, 0.05) is 6.42 Å². The van der Waals surface area contributed by atoms with Crippen molar-refractivity contribution in [1.29, 1.82) is 0 Å². The maximum Gasteiger partial charge on any atom is 0.220 e. The number of carbonyl (C=O) groups is 1. The van der Waals surface area contributed by atoms with E-state index < -0.39 is 12.1 Å². The highest BCUT2D eigenvalue weighted by molar-refractivity contribution is 5.76. The van der Waals surface area contributed by atoms with Gasteiger partial charge in [-0.3, -0.25) is 4.79 Å². The molecule has 0 rings (SSSR count). The van der Waals surface area contributed by atoms with Crippen LogP contribution in [0, 0.1) is 0 Å². The van der Waals surface area contributed by atoms with Gasteiger partial charge in [0.2, 0.25) is 5.91 Å². The molecule has 0 radical (unpaired) electrons. The summed E-state index contributed by atoms with van der Waals surface area (Å²) in [5.41, 5.74) is 0. The molecule has 4 nitrogen and oxygen atoms in total. The van der Waals surface area contributed by atoms with E-state index in [1.807, 2.05) is 6.08 Å². The minimum absolute atomic E-state index is 0.0772. The molecule has 2 unspecified atom stereocenters. The van der Waals surface area contributed by atoms with Gasteiger partial charge in [0.15, 0.2) is 0 Å². The Labute approximate surface area is 319 Å². The molecule has 0 aliphatic rings. The molecule has 0 saturated heterocycles. The summed E-state index contributed by atoms with van der Waals surface area (Å²) in [7, 11) is 0. The molecule has 0 fully saturated rings. The molecule has 300 valence electrons. The van der Waals surface area contributed by atoms with Crippen LogP contribution in [0.2, 0.25) is 0 Å². The van der Waals surface area contributed by atoms with E-state index in [9.17, 15) is 15.0 Å². The van der Waals surface area contributed by atoms with Crippen LogP contribution >= 0.6 is 0 Å². The van der Waals surface area contributed by atoms with Gasteiger partial charge in [-0.15, -0.1) is 0 Å². The third-order valence-corrected chi connectivity index (χ3v) is 10.4. The van der Waals surface area contributed by atoms with Gasteiger partial charge in [0.1, 0.15) is 0 Å². The lowest BCUT2D eigenvalue weighted by molar-refractivity contribution is -0.123. The molecule has 0 spiro atoms. The lowest BCUT2D eigenvalue weighted by Crippen LogP contribution is -2.45. The summed E-state index contributed by atoms with van der Waals surface area (Å²) in [4.78, 5) is 12.3. The van der Waals surface area contributed by atoms with Crippen LogP contribution in [0.4, 0.5) is 0 Å². The Hall–Kier alpha value is -1.39. The fourth-order valence-electron chi connectivity index (χ4n) is 6.86. The third kappa shape index (κ3) is 39.6. The first-order chi connectivity index (χ1) is 25.2. The molecule has 0 aromatic carbocycles. The van der Waals surface area contributed by atoms with Crippen molar-refractivity contribution in [3.8, 4) is 0 Å². The molecule has 0 saturated carbocycles. The molecule has 1 amide bonds. The van der Waals surface area contributed by atoms with E-state index in [0.29, 0.717) is 6.42 Å². The Kier molecular flexibility index (Phi) is 41.8. The van der Waals surface area contributed by atoms with Crippen LogP contribution in [0.3, 0.4) is 0 Å². The predicted molar refractivity (Wildman–Crippen MR) is 225 cm³/mol. The van der Waals surface area contributed by atoms with Crippen molar-refractivity contribution in [2.24, 2.45) is 0 Å². The second kappa shape index (κ2) is 43.0. The molecule has 0 aromatic heterocycles. The quantitative estimate of drug-likeness (QED) is 0.0436. The standard InChI is InChI=1S/C47H89NO3/c1-3-5-7-9-11-13-15-17-18-19-20-21-22-23-24-25-26-27-28-29-31-32-34-36-38-40-42-46(50)45(44-49)48-47(51)43-41-39-37-35-33-30-16-14-12-10-8-6-4-2/h27-28,32,34,40,42,45-46,49-50H,3-26,29-31,33,35-39,41,43-44H2,1-2H3,(H,48,51)/b28-27+,34-32+,42-40+. The van der Waals surface area contributed by atoms with Gasteiger partial charge < -0.3 is 15.5 Å². The number of hydrogen-bond acceptors (Lipinski definition) is 3. The summed E-state index contributed by atoms with van der Waals surface area (Å²) in [5, 5.41) is 23.0. The third-order valence-electron chi connectivity index (χ3n) is 10.4. The summed E-state index contributed by atoms with van der Waals surface area (Å²) in [5.74, 6) is -0.0772. The summed E-state index contributed by atoms with van der Waals surface area (Å²) < 4.78 is 0. The fourth-order valence-corrected chi connectivity index (χ4v) is 6.86. The number of unbranched alkanes of at least 4 members (excludes halogenated alkanes) is 30. The summed E-state index contributed by atoms with van der Waals surface area (Å²) in [6.45, 7) is 4.30. The molecule has 0 aromatic rings. The molecule has 51 heavy (non-hydrogen) atoms. The van der Waals surface area contributed by atoms with Gasteiger partial charge in [-0.1, -0.05) is 224 Å². The molecule has 0 aliphatic carbocycles. The Bertz CT molecular complexity index is 775. The second-order valence-electron chi connectivity index (χ2n) is 15.5. The number of nitrogens with one attached hydrogen (secondary N) is 1. The van der Waals surface area contributed by atoms with Crippen LogP contribution < -0.4 is 5.32 Å². The average Bonchev–Trinajstić information content (AvgIpc) is 3.13. The minimum Gasteiger partial charge on any atom is -0.394 e. The average molecular weight is 716 g/mol. The lowest BCUT2D eigenvalue weighted by Gasteiger charge is -2.19. The SMILES string of the molecule is CCCCCCCCCCCCCCCCCC/C=C/CC/C=C/CC/C=C/C(O)C(CO)NC(=O)CCCCCCCCCCCCCCC. The fraction of sp³-hybridized carbons (Fsp3) is 0.851. The molecular weight excluding hydrogens is 627 g/mol. The van der Waals surface area contributed by atoms with Crippen molar-refractivity contribution in [2.75, 3.05) is 6.61 Å². The number of allylic oxidation sites excluding steroid dienone is 5. The Morgan fingerprint density at radius 2 is 0.765 bits per heavy atom. The Balaban J connectivity index is 3.59. The normalized spacial score (nSPS) is 13.3. The zero-order valence-corrected chi connectivity index (χ0v) is 34.4. The number of hydrogen-bond donors (Lipinski definition) is 3. The minimum atomic E-state index is -0.867. The van der Waals surface area contributed by atoms with Crippen LogP contribution in [0.1, 0.15) is 239 Å². The first-order valence-electron chi connectivity index (χ1n) is 22.7. The van der Waals surface area contributed by atoms with Gasteiger partial charge >= 0.3 is 0 Å². The van der Waals surface area contributed by atoms with Crippen LogP contribution in [-0.2, 0) is 4.79 Å². The number of carbonyl (C=O) groups excluding carboxylic acids is 1. The van der Waals surface area contributed by atoms with Crippen molar-refractivity contribution < 1.29 is 15.0 Å². The number of aliphatic hydroxyl groups excluding tert-OH is 2. The van der Waals surface area contributed by atoms with E-state index in [0.717, 1.165) is 38.5 Å². The first kappa shape index (κ1) is 49.6. The van der Waals surface area contributed by atoms with Crippen LogP contribution in [0.25, 0.3) is 0 Å². The van der Waals surface area contributed by atoms with Crippen molar-refractivity contribution >= 4 is 5.91 Å². The zero-order chi connectivity index (χ0) is 37.1. The maximum atomic E-state index is 12.3. The molecular formula is C47H89NO3. The van der Waals surface area contributed by atoms with E-state index in [1.54, 1.807) is 6.08 Å². The van der Waals surface area contributed by atoms with Gasteiger partial charge in [-0.2, -0.15) is 0 Å². The van der Waals surface area contributed by atoms with Crippen molar-refractivity contribution in [1.82, 2.24) is 5.32 Å². The Morgan fingerprint density at radius 1 is 0.451 bits per heavy atom. The van der Waals surface area contributed by atoms with Gasteiger partial charge in [-0.05, 0) is 44.9 Å². The van der Waals surface area contributed by atoms with Gasteiger partial charge in [-0.25, -0.2) is 0 Å². The number of aliphatic hydroxyl groups is 2. The summed E-state index contributed by atoms with van der Waals surface area (Å²) in [6, 6.07) is -0.641. The van der Waals surface area contributed by atoms with Crippen molar-refractivity contribution in [2.45, 2.75) is 251 Å². The van der Waals surface area contributed by atoms with E-state index in [-0.39, 0.29) is 12.5 Å². The van der Waals surface area contributed by atoms with Crippen molar-refractivity contribution in [3.63, 3.8) is 0 Å². The molecule has 0 heterocycles. The molecule has 0 bridgehead atoms. The lowest BCUT2D eigenvalue weighted by atomic mass is 10.0. The monoisotopic (exact) mass is 716 g/mol. The van der Waals surface area contributed by atoms with Crippen LogP contribution in [0.5, 0.6) is 0 Å². The topological polar surface area (TPSA) is 69.6 Å². The summed E-state index contributed by atoms with van der Waals surface area (Å²) in [6.07, 6.45) is 56.9. The van der Waals surface area contributed by atoms with Crippen molar-refractivity contribution in [3.05, 3.63) is 36.5 Å². The van der Waals surface area contributed by atoms with E-state index in [4.69, 9.17) is 0 Å². The smallest absolute Gasteiger partial charge is 0.220 e. The van der Waals surface area contributed by atoms with Crippen LogP contribution in [-0.4, -0.2) is 34.9 Å². The maximum absolute atomic E-state index is 12.3. The van der Waals surface area contributed by atoms with E-state index in [1.165, 1.54) is 180 Å².